The number of methoxy groups -OCH3 is 1. The molecule has 0 aromatic heterocycles. The number of carbonyl (C=O) groups excluding carboxylic acids is 1. The highest BCUT2D eigenvalue weighted by molar-refractivity contribution is 7.99. The van der Waals surface area contributed by atoms with Gasteiger partial charge in [-0.15, -0.1) is 0 Å². The first-order valence-electron chi connectivity index (χ1n) is 3.92. The molecule has 72 valence electrons. The SMILES string of the molecule is COC(=O)C(C)CSC(C)CO. The van der Waals surface area contributed by atoms with Crippen LogP contribution in [0.3, 0.4) is 0 Å². The Kier molecular flexibility index (Phi) is 6.20. The number of aliphatic hydroxyl groups excluding tert-OH is 1. The normalized spacial score (nSPS) is 15.3. The molecule has 3 nitrogen and oxygen atoms in total. The molecule has 0 amide bonds. The minimum absolute atomic E-state index is 0.0889. The van der Waals surface area contributed by atoms with E-state index in [2.05, 4.69) is 4.74 Å². The predicted octanol–water partition coefficient (Wildman–Crippen LogP) is 0.909. The van der Waals surface area contributed by atoms with E-state index in [-0.39, 0.29) is 23.7 Å². The predicted molar refractivity (Wildman–Crippen MR) is 50.2 cm³/mol. The standard InChI is InChI=1S/C8H16O3S/c1-6(8(10)11-3)5-12-7(2)4-9/h6-7,9H,4-5H2,1-3H3. The molecule has 0 aromatic rings. The lowest BCUT2D eigenvalue weighted by molar-refractivity contribution is -0.143. The summed E-state index contributed by atoms with van der Waals surface area (Å²) < 4.78 is 4.56. The van der Waals surface area contributed by atoms with Crippen LogP contribution in [-0.2, 0) is 9.53 Å². The zero-order chi connectivity index (χ0) is 9.56. The molecule has 0 radical (unpaired) electrons. The fourth-order valence-electron chi connectivity index (χ4n) is 0.631. The van der Waals surface area contributed by atoms with Crippen molar-refractivity contribution >= 4 is 17.7 Å². The van der Waals surface area contributed by atoms with Gasteiger partial charge in [0.2, 0.25) is 0 Å². The molecule has 2 atom stereocenters. The summed E-state index contributed by atoms with van der Waals surface area (Å²) in [7, 11) is 1.39. The molecular weight excluding hydrogens is 176 g/mol. The van der Waals surface area contributed by atoms with Gasteiger partial charge in [0, 0.05) is 11.0 Å². The summed E-state index contributed by atoms with van der Waals surface area (Å²) in [4.78, 5) is 10.9. The van der Waals surface area contributed by atoms with Crippen LogP contribution in [0.2, 0.25) is 0 Å². The molecule has 0 aliphatic carbocycles. The van der Waals surface area contributed by atoms with Gasteiger partial charge in [-0.3, -0.25) is 4.79 Å². The highest BCUT2D eigenvalue weighted by Crippen LogP contribution is 2.14. The molecule has 0 rings (SSSR count). The average Bonchev–Trinajstić information content (AvgIpc) is 2.11. The van der Waals surface area contributed by atoms with Crippen molar-refractivity contribution in [3.05, 3.63) is 0 Å². The minimum Gasteiger partial charge on any atom is -0.469 e. The molecule has 4 heteroatoms. The van der Waals surface area contributed by atoms with Gasteiger partial charge in [0.1, 0.15) is 0 Å². The quantitative estimate of drug-likeness (QED) is 0.658. The third-order valence-electron chi connectivity index (χ3n) is 1.49. The summed E-state index contributed by atoms with van der Waals surface area (Å²) in [5.41, 5.74) is 0. The summed E-state index contributed by atoms with van der Waals surface area (Å²) in [6.07, 6.45) is 0. The van der Waals surface area contributed by atoms with Crippen LogP contribution in [-0.4, -0.2) is 35.8 Å². The van der Waals surface area contributed by atoms with Gasteiger partial charge in [-0.1, -0.05) is 13.8 Å². The van der Waals surface area contributed by atoms with Crippen molar-refractivity contribution < 1.29 is 14.6 Å². The number of rotatable bonds is 5. The zero-order valence-corrected chi connectivity index (χ0v) is 8.56. The van der Waals surface area contributed by atoms with Crippen molar-refractivity contribution in [3.8, 4) is 0 Å². The summed E-state index contributed by atoms with van der Waals surface area (Å²) in [6.45, 7) is 3.90. The molecule has 1 N–H and O–H groups in total. The van der Waals surface area contributed by atoms with E-state index >= 15 is 0 Å². The lowest BCUT2D eigenvalue weighted by atomic mass is 10.2. The molecule has 0 saturated heterocycles. The topological polar surface area (TPSA) is 46.5 Å². The van der Waals surface area contributed by atoms with Crippen molar-refractivity contribution in [2.24, 2.45) is 5.92 Å². The van der Waals surface area contributed by atoms with Crippen molar-refractivity contribution in [1.82, 2.24) is 0 Å². The summed E-state index contributed by atoms with van der Waals surface area (Å²) in [5.74, 6) is 0.427. The maximum absolute atomic E-state index is 10.9. The molecule has 0 aliphatic heterocycles. The summed E-state index contributed by atoms with van der Waals surface area (Å²) in [5, 5.41) is 8.90. The average molecular weight is 192 g/mol. The fourth-order valence-corrected chi connectivity index (χ4v) is 1.49. The number of aliphatic hydroxyl groups is 1. The molecule has 2 unspecified atom stereocenters. The second kappa shape index (κ2) is 6.31. The molecule has 0 aliphatic rings. The Morgan fingerprint density at radius 2 is 2.17 bits per heavy atom. The second-order valence-corrected chi connectivity index (χ2v) is 4.22. The molecule has 0 aromatic carbocycles. The fraction of sp³-hybridized carbons (Fsp3) is 0.875. The summed E-state index contributed by atoms with van der Waals surface area (Å²) in [6, 6.07) is 0. The van der Waals surface area contributed by atoms with E-state index in [9.17, 15) is 4.79 Å². The Hall–Kier alpha value is -0.220. The van der Waals surface area contributed by atoms with Gasteiger partial charge in [0.25, 0.3) is 0 Å². The van der Waals surface area contributed by atoms with Gasteiger partial charge >= 0.3 is 5.97 Å². The molecule has 0 heterocycles. The van der Waals surface area contributed by atoms with Crippen molar-refractivity contribution in [3.63, 3.8) is 0 Å². The van der Waals surface area contributed by atoms with Crippen LogP contribution in [0, 0.1) is 5.92 Å². The maximum Gasteiger partial charge on any atom is 0.309 e. The molecule has 0 saturated carbocycles. The van der Waals surface area contributed by atoms with E-state index in [1.54, 1.807) is 11.8 Å². The number of hydrogen-bond donors (Lipinski definition) is 1. The molecule has 0 spiro atoms. The Bertz CT molecular complexity index is 138. The molecule has 0 fully saturated rings. The van der Waals surface area contributed by atoms with Crippen LogP contribution in [0.4, 0.5) is 0 Å². The van der Waals surface area contributed by atoms with Gasteiger partial charge in [-0.2, -0.15) is 11.8 Å². The Balaban J connectivity index is 3.56. The minimum atomic E-state index is -0.187. The van der Waals surface area contributed by atoms with E-state index in [1.165, 1.54) is 7.11 Å². The summed E-state index contributed by atoms with van der Waals surface area (Å²) >= 11 is 1.58. The number of esters is 1. The third-order valence-corrected chi connectivity index (χ3v) is 2.90. The van der Waals surface area contributed by atoms with Gasteiger partial charge < -0.3 is 9.84 Å². The van der Waals surface area contributed by atoms with Gasteiger partial charge in [-0.25, -0.2) is 0 Å². The zero-order valence-electron chi connectivity index (χ0n) is 7.74. The molecule has 12 heavy (non-hydrogen) atoms. The lowest BCUT2D eigenvalue weighted by Gasteiger charge is -2.11. The molecular formula is C8H16O3S. The van der Waals surface area contributed by atoms with E-state index < -0.39 is 0 Å². The highest BCUT2D eigenvalue weighted by Gasteiger charge is 2.14. The number of hydrogen-bond acceptors (Lipinski definition) is 4. The Morgan fingerprint density at radius 3 is 2.58 bits per heavy atom. The molecule has 0 bridgehead atoms. The highest BCUT2D eigenvalue weighted by atomic mass is 32.2. The van der Waals surface area contributed by atoms with Crippen LogP contribution < -0.4 is 0 Å². The Labute approximate surface area is 77.5 Å². The first kappa shape index (κ1) is 11.8. The van der Waals surface area contributed by atoms with Crippen LogP contribution in [0.25, 0.3) is 0 Å². The number of carbonyl (C=O) groups is 1. The monoisotopic (exact) mass is 192 g/mol. The van der Waals surface area contributed by atoms with E-state index in [1.807, 2.05) is 13.8 Å². The van der Waals surface area contributed by atoms with Gasteiger partial charge in [-0.05, 0) is 0 Å². The first-order chi connectivity index (χ1) is 5.61. The number of thioether (sulfide) groups is 1. The Morgan fingerprint density at radius 1 is 1.58 bits per heavy atom. The van der Waals surface area contributed by atoms with E-state index in [4.69, 9.17) is 5.11 Å². The number of ether oxygens (including phenoxy) is 1. The third kappa shape index (κ3) is 4.62. The van der Waals surface area contributed by atoms with Crippen LogP contribution >= 0.6 is 11.8 Å². The maximum atomic E-state index is 10.9. The van der Waals surface area contributed by atoms with Crippen LogP contribution in [0.1, 0.15) is 13.8 Å². The van der Waals surface area contributed by atoms with Crippen molar-refractivity contribution in [1.29, 1.82) is 0 Å². The lowest BCUT2D eigenvalue weighted by Crippen LogP contribution is -2.17. The van der Waals surface area contributed by atoms with Crippen molar-refractivity contribution in [2.75, 3.05) is 19.5 Å². The van der Waals surface area contributed by atoms with Gasteiger partial charge in [0.05, 0.1) is 19.6 Å². The van der Waals surface area contributed by atoms with Crippen LogP contribution in [0.15, 0.2) is 0 Å². The van der Waals surface area contributed by atoms with Crippen LogP contribution in [0.5, 0.6) is 0 Å². The van der Waals surface area contributed by atoms with Gasteiger partial charge in [0.15, 0.2) is 0 Å². The van der Waals surface area contributed by atoms with E-state index in [0.29, 0.717) is 5.75 Å². The first-order valence-corrected chi connectivity index (χ1v) is 4.97. The van der Waals surface area contributed by atoms with Crippen molar-refractivity contribution in [2.45, 2.75) is 19.1 Å². The largest absolute Gasteiger partial charge is 0.469 e. The second-order valence-electron chi connectivity index (χ2n) is 2.75. The smallest absolute Gasteiger partial charge is 0.309 e. The van der Waals surface area contributed by atoms with E-state index in [0.717, 1.165) is 0 Å².